The molecule has 0 unspecified atom stereocenters. The van der Waals surface area contributed by atoms with Crippen molar-refractivity contribution >= 4 is 33.3 Å². The third-order valence-corrected chi connectivity index (χ3v) is 8.34. The maximum Gasteiger partial charge on any atom is 0.225 e. The SMILES string of the molecule is Cc1nc(N[C@@H]2CCc3ccccc32)nc(N[C@@H]2C[C@H](CO)[C@@H](O)[C@H]2O)c1-c1nc2cnccc2s1. The number of benzene rings is 1. The number of aromatic nitrogens is 4. The van der Waals surface area contributed by atoms with Crippen LogP contribution < -0.4 is 10.6 Å². The maximum absolute atomic E-state index is 10.7. The fraction of sp³-hybridized carbons (Fsp3) is 0.385. The molecule has 4 aromatic rings. The summed E-state index contributed by atoms with van der Waals surface area (Å²) in [6.45, 7) is 1.74. The standard InChI is InChI=1S/C26H28N6O3S/c1-13-21(25-30-19-11-27-9-8-20(19)36-25)24(29-18-10-15(12-33)22(34)23(18)35)32-26(28-13)31-17-7-6-14-4-2-3-5-16(14)17/h2-5,8-9,11,15,17-18,22-23,33-35H,6-7,10,12H2,1H3,(H2,28,29,31,32)/t15-,17-,18-,22-,23+/m1/s1. The van der Waals surface area contributed by atoms with Gasteiger partial charge in [0, 0.05) is 18.7 Å². The molecule has 0 radical (unpaired) electrons. The van der Waals surface area contributed by atoms with Gasteiger partial charge in [-0.05, 0) is 43.4 Å². The molecular weight excluding hydrogens is 476 g/mol. The lowest BCUT2D eigenvalue weighted by Crippen LogP contribution is -2.35. The highest BCUT2D eigenvalue weighted by Crippen LogP contribution is 2.39. The van der Waals surface area contributed by atoms with Crippen molar-refractivity contribution in [1.29, 1.82) is 0 Å². The van der Waals surface area contributed by atoms with Gasteiger partial charge >= 0.3 is 0 Å². The van der Waals surface area contributed by atoms with E-state index in [1.165, 1.54) is 22.5 Å². The fourth-order valence-corrected chi connectivity index (χ4v) is 6.40. The summed E-state index contributed by atoms with van der Waals surface area (Å²) in [5, 5.41) is 38.3. The molecular formula is C26H28N6O3S. The molecule has 1 saturated carbocycles. The van der Waals surface area contributed by atoms with Gasteiger partial charge in [0.1, 0.15) is 22.4 Å². The third kappa shape index (κ3) is 4.09. The Bertz CT molecular complexity index is 1380. The summed E-state index contributed by atoms with van der Waals surface area (Å²) < 4.78 is 1.01. The second-order valence-corrected chi connectivity index (χ2v) is 10.6. The number of aliphatic hydroxyl groups is 3. The number of anilines is 2. The molecule has 3 aromatic heterocycles. The van der Waals surface area contributed by atoms with Crippen LogP contribution in [0.5, 0.6) is 0 Å². The Morgan fingerprint density at radius 3 is 2.72 bits per heavy atom. The van der Waals surface area contributed by atoms with Crippen molar-refractivity contribution < 1.29 is 15.3 Å². The third-order valence-electron chi connectivity index (χ3n) is 7.29. The molecule has 2 aliphatic carbocycles. The molecule has 36 heavy (non-hydrogen) atoms. The zero-order valence-electron chi connectivity index (χ0n) is 19.8. The first-order valence-electron chi connectivity index (χ1n) is 12.2. The Hall–Kier alpha value is -3.18. The van der Waals surface area contributed by atoms with Crippen molar-refractivity contribution in [2.75, 3.05) is 17.2 Å². The van der Waals surface area contributed by atoms with Crippen LogP contribution in [0.25, 0.3) is 20.8 Å². The molecule has 6 rings (SSSR count). The fourth-order valence-electron chi connectivity index (χ4n) is 5.37. The summed E-state index contributed by atoms with van der Waals surface area (Å²) in [6.07, 6.45) is 3.83. The number of pyridine rings is 1. The van der Waals surface area contributed by atoms with Crippen molar-refractivity contribution in [2.45, 2.75) is 50.5 Å². The van der Waals surface area contributed by atoms with Gasteiger partial charge in [-0.1, -0.05) is 24.3 Å². The highest BCUT2D eigenvalue weighted by molar-refractivity contribution is 7.21. The lowest BCUT2D eigenvalue weighted by Gasteiger charge is -2.22. The molecule has 0 aliphatic heterocycles. The van der Waals surface area contributed by atoms with Crippen LogP contribution in [0.15, 0.2) is 42.7 Å². The Morgan fingerprint density at radius 1 is 1.06 bits per heavy atom. The number of aliphatic hydroxyl groups excluding tert-OH is 3. The molecule has 3 heterocycles. The lowest BCUT2D eigenvalue weighted by atomic mass is 10.1. The minimum Gasteiger partial charge on any atom is -0.396 e. The van der Waals surface area contributed by atoms with E-state index in [0.717, 1.165) is 39.3 Å². The summed E-state index contributed by atoms with van der Waals surface area (Å²) in [6, 6.07) is 9.98. The van der Waals surface area contributed by atoms with Gasteiger partial charge in [-0.2, -0.15) is 4.98 Å². The molecule has 0 spiro atoms. The molecule has 9 nitrogen and oxygen atoms in total. The first-order chi connectivity index (χ1) is 17.5. The first kappa shape index (κ1) is 23.2. The molecule has 1 aromatic carbocycles. The highest BCUT2D eigenvalue weighted by atomic mass is 32.1. The van der Waals surface area contributed by atoms with Crippen molar-refractivity contribution in [2.24, 2.45) is 5.92 Å². The van der Waals surface area contributed by atoms with Crippen molar-refractivity contribution in [3.8, 4) is 10.6 Å². The van der Waals surface area contributed by atoms with Crippen LogP contribution in [0.4, 0.5) is 11.8 Å². The Labute approximate surface area is 212 Å². The smallest absolute Gasteiger partial charge is 0.225 e. The van der Waals surface area contributed by atoms with Crippen LogP contribution in [0.3, 0.4) is 0 Å². The van der Waals surface area contributed by atoms with Crippen molar-refractivity contribution in [1.82, 2.24) is 19.9 Å². The number of aryl methyl sites for hydroxylation is 2. The van der Waals surface area contributed by atoms with E-state index < -0.39 is 24.2 Å². The van der Waals surface area contributed by atoms with Gasteiger partial charge in [0.2, 0.25) is 5.95 Å². The molecule has 1 fully saturated rings. The Morgan fingerprint density at radius 2 is 1.92 bits per heavy atom. The number of nitrogens with zero attached hydrogens (tertiary/aromatic N) is 4. The molecule has 5 atom stereocenters. The molecule has 0 amide bonds. The predicted octanol–water partition coefficient (Wildman–Crippen LogP) is 3.07. The molecule has 10 heteroatoms. The van der Waals surface area contributed by atoms with Crippen LogP contribution in [-0.2, 0) is 6.42 Å². The van der Waals surface area contributed by atoms with Gasteiger partial charge in [-0.3, -0.25) is 4.98 Å². The highest BCUT2D eigenvalue weighted by Gasteiger charge is 2.41. The van der Waals surface area contributed by atoms with Crippen LogP contribution in [0.1, 0.15) is 35.7 Å². The summed E-state index contributed by atoms with van der Waals surface area (Å²) in [5.74, 6) is 0.637. The van der Waals surface area contributed by atoms with E-state index >= 15 is 0 Å². The largest absolute Gasteiger partial charge is 0.396 e. The van der Waals surface area contributed by atoms with Gasteiger partial charge in [0.25, 0.3) is 0 Å². The Kier molecular flexibility index (Phi) is 6.04. The number of nitrogens with one attached hydrogen (secondary N) is 2. The quantitative estimate of drug-likeness (QED) is 0.268. The number of rotatable bonds is 6. The van der Waals surface area contributed by atoms with Crippen LogP contribution in [0, 0.1) is 12.8 Å². The van der Waals surface area contributed by atoms with Crippen molar-refractivity contribution in [3.63, 3.8) is 0 Å². The first-order valence-corrected chi connectivity index (χ1v) is 13.0. The monoisotopic (exact) mass is 504 g/mol. The minimum atomic E-state index is -1.03. The normalized spacial score (nSPS) is 25.3. The van der Waals surface area contributed by atoms with E-state index in [0.29, 0.717) is 18.2 Å². The lowest BCUT2D eigenvalue weighted by molar-refractivity contribution is 0.00446. The van der Waals surface area contributed by atoms with E-state index in [1.54, 1.807) is 12.4 Å². The van der Waals surface area contributed by atoms with E-state index in [-0.39, 0.29) is 12.6 Å². The van der Waals surface area contributed by atoms with Crippen LogP contribution in [0.2, 0.25) is 0 Å². The maximum atomic E-state index is 10.7. The topological polar surface area (TPSA) is 136 Å². The Balaban J connectivity index is 1.39. The molecule has 2 aliphatic rings. The number of fused-ring (bicyclic) bond motifs is 2. The van der Waals surface area contributed by atoms with Crippen LogP contribution >= 0.6 is 11.3 Å². The van der Waals surface area contributed by atoms with E-state index in [4.69, 9.17) is 15.0 Å². The average Bonchev–Trinajstić information content (AvgIpc) is 3.56. The van der Waals surface area contributed by atoms with Gasteiger partial charge < -0.3 is 26.0 Å². The second kappa shape index (κ2) is 9.36. The average molecular weight is 505 g/mol. The van der Waals surface area contributed by atoms with Gasteiger partial charge in [-0.25, -0.2) is 9.97 Å². The second-order valence-electron chi connectivity index (χ2n) is 9.56. The zero-order chi connectivity index (χ0) is 24.8. The van der Waals surface area contributed by atoms with Crippen molar-refractivity contribution in [3.05, 3.63) is 59.5 Å². The molecule has 186 valence electrons. The summed E-state index contributed by atoms with van der Waals surface area (Å²) >= 11 is 1.53. The summed E-state index contributed by atoms with van der Waals surface area (Å²) in [7, 11) is 0. The molecule has 5 N–H and O–H groups in total. The van der Waals surface area contributed by atoms with E-state index in [1.807, 2.05) is 19.1 Å². The van der Waals surface area contributed by atoms with E-state index in [9.17, 15) is 15.3 Å². The number of hydrogen-bond donors (Lipinski definition) is 5. The zero-order valence-corrected chi connectivity index (χ0v) is 20.6. The summed E-state index contributed by atoms with van der Waals surface area (Å²) in [5.41, 5.74) is 4.89. The van der Waals surface area contributed by atoms with Crippen LogP contribution in [-0.4, -0.2) is 60.1 Å². The number of hydrogen-bond acceptors (Lipinski definition) is 10. The minimum absolute atomic E-state index is 0.116. The molecule has 0 saturated heterocycles. The van der Waals surface area contributed by atoms with Gasteiger partial charge in [0.15, 0.2) is 0 Å². The predicted molar refractivity (Wildman–Crippen MR) is 139 cm³/mol. The number of thiazole rings is 1. The molecule has 0 bridgehead atoms. The summed E-state index contributed by atoms with van der Waals surface area (Å²) in [4.78, 5) is 18.6. The van der Waals surface area contributed by atoms with Gasteiger partial charge in [-0.15, -0.1) is 11.3 Å². The van der Waals surface area contributed by atoms with E-state index in [2.05, 4.69) is 33.8 Å². The van der Waals surface area contributed by atoms with Gasteiger partial charge in [0.05, 0.1) is 40.3 Å².